The van der Waals surface area contributed by atoms with E-state index in [1.165, 1.54) is 83.4 Å². The van der Waals surface area contributed by atoms with Gasteiger partial charge in [-0.1, -0.05) is 351 Å². The lowest BCUT2D eigenvalue weighted by Gasteiger charge is -2.44. The Labute approximate surface area is 787 Å². The molecule has 0 spiro atoms. The zero-order chi connectivity index (χ0) is 95.9. The molecule has 0 atom stereocenters. The summed E-state index contributed by atoms with van der Waals surface area (Å²) in [6, 6.07) is 74.7. The molecule has 0 amide bonds. The van der Waals surface area contributed by atoms with Gasteiger partial charge in [-0.15, -0.1) is 0 Å². The van der Waals surface area contributed by atoms with E-state index >= 15 is 0 Å². The molecule has 6 nitrogen and oxygen atoms in total. The predicted octanol–water partition coefficient (Wildman–Crippen LogP) is 31.6. The fraction of sp³-hybridized carbons (Fsp3) is 0.459. The number of hydrogen-bond donors (Lipinski definition) is 0. The lowest BCUT2D eigenvalue weighted by atomic mass is 9.31. The largest absolute Gasteiger partial charge is 0.458 e. The van der Waals surface area contributed by atoms with Crippen molar-refractivity contribution in [2.75, 3.05) is 19.6 Å². The molecule has 4 heterocycles. The summed E-state index contributed by atoms with van der Waals surface area (Å²) in [5, 5.41) is 0. The zero-order valence-corrected chi connectivity index (χ0v) is 88.1. The summed E-state index contributed by atoms with van der Waals surface area (Å²) in [6.45, 7) is 98.9. The Balaban J connectivity index is 1.13. The van der Waals surface area contributed by atoms with E-state index in [2.05, 4.69) is 492 Å². The lowest BCUT2D eigenvalue weighted by molar-refractivity contribution is 0.483. The van der Waals surface area contributed by atoms with E-state index in [-0.39, 0.29) is 89.2 Å². The zero-order valence-electron chi connectivity index (χ0n) is 88.1. The normalized spacial score (nSPS) is 14.6. The molecular weight excluding hydrogens is 1570 g/mol. The second-order valence-electron chi connectivity index (χ2n) is 53.8. The van der Waals surface area contributed by atoms with Crippen molar-refractivity contribution < 1.29 is 9.47 Å². The van der Waals surface area contributed by atoms with E-state index < -0.39 is 0 Å². The Morgan fingerprint density at radius 2 is 0.400 bits per heavy atom. The van der Waals surface area contributed by atoms with E-state index in [1.807, 2.05) is 0 Å². The smallest absolute Gasteiger partial charge is 0.256 e. The van der Waals surface area contributed by atoms with Gasteiger partial charge in [0, 0.05) is 69.0 Å². The van der Waals surface area contributed by atoms with Crippen molar-refractivity contribution in [3.63, 3.8) is 0 Å². The minimum absolute atomic E-state index is 0.183. The SMILES string of the molecule is CC(C)(C)c1cc(N(c2cc(C(C)(C)C)cc(C(C)(C)C)c2)c2cc3c4c(c2)N(c2cc(C(C)(C)C)cc(C(C)(C)C)c2)c2cc(C(C)(C)C)ccc2B4c2cc4c(cc2O3)B2c3ccc(C(C)(C)C)cc3Oc3cc(N(c5cc(C(C)(C)C)cc(C(C)(C)C)c5)c5cc(C(C)(C)C)cc(C(C)(C)C)c5)cc(c32)N4c2cc(C(C)(C)C)cc(C(C)(C)C)c2)cc(C(C)(C)C)c1. The molecule has 0 radical (unpaired) electrons. The first-order valence-electron chi connectivity index (χ1n) is 48.6. The summed E-state index contributed by atoms with van der Waals surface area (Å²) in [5.41, 5.74) is 35.2. The number of ether oxygens (including phenoxy) is 2. The monoisotopic (exact) mass is 1730 g/mol. The molecule has 0 saturated carbocycles. The highest BCUT2D eigenvalue weighted by Gasteiger charge is 2.50. The van der Waals surface area contributed by atoms with E-state index in [1.54, 1.807) is 0 Å². The van der Waals surface area contributed by atoms with E-state index in [4.69, 9.17) is 9.47 Å². The van der Waals surface area contributed by atoms with Crippen LogP contribution in [0.5, 0.6) is 23.0 Å². The minimum Gasteiger partial charge on any atom is -0.458 e. The molecule has 0 unspecified atom stereocenters. The average molecular weight is 1730 g/mol. The maximum Gasteiger partial charge on any atom is 0.256 e. The van der Waals surface area contributed by atoms with Gasteiger partial charge in [0.25, 0.3) is 13.4 Å². The minimum atomic E-state index is -0.328. The molecule has 11 aromatic carbocycles. The highest BCUT2D eigenvalue weighted by Crippen LogP contribution is 2.55. The molecule has 11 aromatic rings. The fourth-order valence-corrected chi connectivity index (χ4v) is 19.2. The van der Waals surface area contributed by atoms with Crippen molar-refractivity contribution in [2.24, 2.45) is 0 Å². The number of benzene rings is 11. The van der Waals surface area contributed by atoms with Crippen LogP contribution in [0.2, 0.25) is 0 Å². The van der Waals surface area contributed by atoms with Crippen molar-refractivity contribution in [1.29, 1.82) is 0 Å². The third kappa shape index (κ3) is 18.1. The summed E-state index contributed by atoms with van der Waals surface area (Å²) in [5.74, 6) is 3.38. The molecule has 0 N–H and O–H groups in total. The Hall–Kier alpha value is -9.65. The van der Waals surface area contributed by atoms with Crippen LogP contribution in [-0.4, -0.2) is 13.4 Å². The van der Waals surface area contributed by atoms with Gasteiger partial charge in [0.15, 0.2) is 0 Å². The first kappa shape index (κ1) is 95.0. The van der Waals surface area contributed by atoms with E-state index in [0.29, 0.717) is 0 Å². The number of rotatable bonds is 8. The first-order valence-corrected chi connectivity index (χ1v) is 48.6. The van der Waals surface area contributed by atoms with Crippen molar-refractivity contribution in [3.8, 4) is 23.0 Å². The van der Waals surface area contributed by atoms with E-state index in [9.17, 15) is 0 Å². The second kappa shape index (κ2) is 31.0. The van der Waals surface area contributed by atoms with Crippen LogP contribution in [0.25, 0.3) is 0 Å². The summed E-state index contributed by atoms with van der Waals surface area (Å²) in [6.07, 6.45) is 0. The van der Waals surface area contributed by atoms with Gasteiger partial charge < -0.3 is 29.1 Å². The van der Waals surface area contributed by atoms with Crippen LogP contribution < -0.4 is 61.9 Å². The first-order chi connectivity index (χ1) is 59.2. The van der Waals surface area contributed by atoms with Crippen molar-refractivity contribution in [3.05, 3.63) is 260 Å². The van der Waals surface area contributed by atoms with Crippen LogP contribution in [0.4, 0.5) is 68.2 Å². The van der Waals surface area contributed by atoms with Gasteiger partial charge in [0.05, 0.1) is 11.4 Å². The third-order valence-corrected chi connectivity index (χ3v) is 28.3. The molecule has 0 saturated heterocycles. The Kier molecular flexibility index (Phi) is 22.6. The number of anilines is 12. The van der Waals surface area contributed by atoms with Gasteiger partial charge in [-0.25, -0.2) is 0 Å². The second-order valence-corrected chi connectivity index (χ2v) is 53.8. The summed E-state index contributed by atoms with van der Waals surface area (Å²) < 4.78 is 16.4. The maximum atomic E-state index is 8.42. The topological polar surface area (TPSA) is 31.4 Å². The Bertz CT molecular complexity index is 5990. The molecule has 4 aliphatic rings. The van der Waals surface area contributed by atoms with Crippen LogP contribution in [0.1, 0.15) is 369 Å². The van der Waals surface area contributed by atoms with E-state index in [0.717, 1.165) is 119 Å². The van der Waals surface area contributed by atoms with Crippen molar-refractivity contribution in [1.82, 2.24) is 0 Å². The molecule has 130 heavy (non-hydrogen) atoms. The molecule has 0 aliphatic carbocycles. The molecule has 15 rings (SSSR count). The Morgan fingerprint density at radius 3 is 0.669 bits per heavy atom. The van der Waals surface area contributed by atoms with Crippen LogP contribution >= 0.6 is 0 Å². The van der Waals surface area contributed by atoms with Crippen molar-refractivity contribution in [2.45, 2.75) is 367 Å². The predicted molar refractivity (Wildman–Crippen MR) is 569 cm³/mol. The lowest BCUT2D eigenvalue weighted by Crippen LogP contribution is -2.62. The number of nitrogens with zero attached hydrogens (tertiary/aromatic N) is 4. The summed E-state index contributed by atoms with van der Waals surface area (Å²) >= 11 is 0. The summed E-state index contributed by atoms with van der Waals surface area (Å²) in [7, 11) is 0. The van der Waals surface area contributed by atoms with Gasteiger partial charge in [0.2, 0.25) is 0 Å². The van der Waals surface area contributed by atoms with Gasteiger partial charge in [-0.05, 0) is 296 Å². The van der Waals surface area contributed by atoms with Gasteiger partial charge in [-0.3, -0.25) is 0 Å². The summed E-state index contributed by atoms with van der Waals surface area (Å²) in [4.78, 5) is 10.6. The fourth-order valence-electron chi connectivity index (χ4n) is 19.2. The standard InChI is InChI=1S/C122H156B2N4O2/c1-109(2,3)73-43-45-95-99(65-73)127(91-61-83(119(31,32)33)51-84(62-91)120(34,35)36)101-67-93(125(87-53-75(111(7,8)9)47-76(54-87)112(10,11)12)88-55-77(113(13,14)15)48-78(56-88)114(16,17)18)69-105-107(101)123(95)98-71-100-97(72-104(98)130-105)124-96-46-44-74(110(4,5)6)66-103(96)129-106-70-94(68-102(108(106)124)128(100)92-63-85(121(37,38)39)52-86(64-92)122(40,41)42)126(89-57-79(115(19,20)21)49-80(58-89)116(22,23)24)90-59-81(117(25,26)27)50-82(60-90)118(28,29)30/h43-72H,1-42H3. The van der Waals surface area contributed by atoms with Crippen LogP contribution in [-0.2, 0) is 75.8 Å². The Morgan fingerprint density at radius 1 is 0.177 bits per heavy atom. The number of fused-ring (bicyclic) bond motifs is 8. The van der Waals surface area contributed by atoms with Crippen LogP contribution in [0, 0.1) is 0 Å². The molecule has 4 aliphatic heterocycles. The van der Waals surface area contributed by atoms with Gasteiger partial charge >= 0.3 is 0 Å². The molecular formula is C122H156B2N4O2. The van der Waals surface area contributed by atoms with Crippen LogP contribution in [0.3, 0.4) is 0 Å². The molecule has 0 aromatic heterocycles. The molecule has 682 valence electrons. The molecule has 0 bridgehead atoms. The average Bonchev–Trinajstić information content (AvgIpc) is 0.687. The maximum absolute atomic E-state index is 8.42. The number of hydrogen-bond acceptors (Lipinski definition) is 6. The molecule has 0 fully saturated rings. The quantitative estimate of drug-likeness (QED) is 0.141. The van der Waals surface area contributed by atoms with Crippen LogP contribution in [0.15, 0.2) is 182 Å². The third-order valence-electron chi connectivity index (χ3n) is 28.3. The highest BCUT2D eigenvalue weighted by molar-refractivity contribution is 7.01. The van der Waals surface area contributed by atoms with Gasteiger partial charge in [0.1, 0.15) is 23.0 Å². The highest BCUT2D eigenvalue weighted by atomic mass is 16.5. The molecule has 8 heteroatoms. The van der Waals surface area contributed by atoms with Gasteiger partial charge in [-0.2, -0.15) is 0 Å². The van der Waals surface area contributed by atoms with Crippen molar-refractivity contribution >= 4 is 114 Å².